The number of unbranched alkanes of at least 4 members (excludes halogenated alkanes) is 2. The van der Waals surface area contributed by atoms with Gasteiger partial charge in [0.1, 0.15) is 5.69 Å². The Kier molecular flexibility index (Phi) is 4.30. The zero-order valence-corrected chi connectivity index (χ0v) is 9.29. The smallest absolute Gasteiger partial charge is 0.283 e. The summed E-state index contributed by atoms with van der Waals surface area (Å²) in [5, 5.41) is 4.25. The van der Waals surface area contributed by atoms with Crippen LogP contribution in [0.15, 0.2) is 6.07 Å². The highest BCUT2D eigenvalue weighted by Gasteiger charge is 2.11. The number of hydrazine groups is 1. The van der Waals surface area contributed by atoms with Gasteiger partial charge in [-0.2, -0.15) is 5.10 Å². The average molecular weight is 210 g/mol. The highest BCUT2D eigenvalue weighted by Crippen LogP contribution is 2.07. The Balaban J connectivity index is 2.64. The highest BCUT2D eigenvalue weighted by atomic mass is 16.2. The van der Waals surface area contributed by atoms with E-state index in [0.717, 1.165) is 18.5 Å². The third-order valence-electron chi connectivity index (χ3n) is 2.33. The predicted octanol–water partition coefficient (Wildman–Crippen LogP) is 0.756. The van der Waals surface area contributed by atoms with E-state index in [1.165, 1.54) is 12.8 Å². The van der Waals surface area contributed by atoms with Crippen LogP contribution in [-0.4, -0.2) is 15.7 Å². The molecule has 1 amide bonds. The van der Waals surface area contributed by atoms with Crippen LogP contribution in [-0.2, 0) is 13.5 Å². The summed E-state index contributed by atoms with van der Waals surface area (Å²) < 4.78 is 1.56. The van der Waals surface area contributed by atoms with Crippen molar-refractivity contribution in [2.24, 2.45) is 12.9 Å². The summed E-state index contributed by atoms with van der Waals surface area (Å²) in [7, 11) is 1.74. The van der Waals surface area contributed by atoms with Crippen molar-refractivity contribution in [1.82, 2.24) is 15.2 Å². The first kappa shape index (κ1) is 11.7. The number of nitrogens with two attached hydrogens (primary N) is 1. The third-order valence-corrected chi connectivity index (χ3v) is 2.33. The highest BCUT2D eigenvalue weighted by molar-refractivity contribution is 5.92. The molecule has 0 aromatic carbocycles. The molecule has 1 rings (SSSR count). The molecule has 0 saturated heterocycles. The Labute approximate surface area is 89.6 Å². The minimum atomic E-state index is -0.299. The fraction of sp³-hybridized carbons (Fsp3) is 0.600. The summed E-state index contributed by atoms with van der Waals surface area (Å²) in [6.45, 7) is 2.16. The largest absolute Gasteiger partial charge is 0.289 e. The van der Waals surface area contributed by atoms with Gasteiger partial charge in [0, 0.05) is 7.05 Å². The summed E-state index contributed by atoms with van der Waals surface area (Å²) >= 11 is 0. The first-order valence-corrected chi connectivity index (χ1v) is 5.23. The van der Waals surface area contributed by atoms with Crippen molar-refractivity contribution in [3.8, 4) is 0 Å². The number of amides is 1. The molecule has 5 heteroatoms. The van der Waals surface area contributed by atoms with E-state index < -0.39 is 0 Å². The monoisotopic (exact) mass is 210 g/mol. The summed E-state index contributed by atoms with van der Waals surface area (Å²) in [6, 6.07) is 1.79. The van der Waals surface area contributed by atoms with Gasteiger partial charge < -0.3 is 0 Å². The van der Waals surface area contributed by atoms with E-state index in [-0.39, 0.29) is 5.91 Å². The summed E-state index contributed by atoms with van der Waals surface area (Å²) in [5.41, 5.74) is 3.56. The quantitative estimate of drug-likeness (QED) is 0.326. The van der Waals surface area contributed by atoms with Crippen LogP contribution in [0.25, 0.3) is 0 Å². The van der Waals surface area contributed by atoms with Gasteiger partial charge in [0.25, 0.3) is 5.91 Å². The van der Waals surface area contributed by atoms with Gasteiger partial charge >= 0.3 is 0 Å². The Bertz CT molecular complexity index is 332. The molecule has 0 saturated carbocycles. The van der Waals surface area contributed by atoms with Crippen molar-refractivity contribution in [3.63, 3.8) is 0 Å². The molecule has 84 valence electrons. The zero-order chi connectivity index (χ0) is 11.3. The molecule has 0 radical (unpaired) electrons. The number of carbonyl (C=O) groups excluding carboxylic acids is 1. The molecular formula is C10H18N4O. The van der Waals surface area contributed by atoms with Crippen LogP contribution in [0.5, 0.6) is 0 Å². The second kappa shape index (κ2) is 5.50. The van der Waals surface area contributed by atoms with E-state index in [1.54, 1.807) is 17.8 Å². The molecule has 0 aliphatic rings. The van der Waals surface area contributed by atoms with Crippen LogP contribution < -0.4 is 11.3 Å². The van der Waals surface area contributed by atoms with E-state index in [2.05, 4.69) is 17.4 Å². The number of hydrogen-bond donors (Lipinski definition) is 2. The molecule has 1 heterocycles. The number of aryl methyl sites for hydroxylation is 2. The maximum atomic E-state index is 11.3. The normalized spacial score (nSPS) is 10.3. The molecule has 5 nitrogen and oxygen atoms in total. The van der Waals surface area contributed by atoms with Gasteiger partial charge in [0.2, 0.25) is 0 Å². The lowest BCUT2D eigenvalue weighted by molar-refractivity contribution is 0.0944. The number of nitrogen functional groups attached to an aromatic ring is 1. The SMILES string of the molecule is CCCCCc1cc(C(=O)NN)n(C)n1. The van der Waals surface area contributed by atoms with Crippen LogP contribution in [0.2, 0.25) is 0 Å². The molecule has 1 aromatic rings. The van der Waals surface area contributed by atoms with Crippen LogP contribution in [0.4, 0.5) is 0 Å². The molecule has 0 aliphatic carbocycles. The molecule has 0 spiro atoms. The Morgan fingerprint density at radius 2 is 2.33 bits per heavy atom. The Morgan fingerprint density at radius 1 is 1.60 bits per heavy atom. The van der Waals surface area contributed by atoms with Crippen LogP contribution in [0, 0.1) is 0 Å². The lowest BCUT2D eigenvalue weighted by atomic mass is 10.1. The lowest BCUT2D eigenvalue weighted by Gasteiger charge is -1.97. The Hall–Kier alpha value is -1.36. The second-order valence-corrected chi connectivity index (χ2v) is 3.58. The van der Waals surface area contributed by atoms with Crippen molar-refractivity contribution < 1.29 is 4.79 Å². The molecule has 0 aliphatic heterocycles. The standard InChI is InChI=1S/C10H18N4O/c1-3-4-5-6-8-7-9(10(15)12-11)14(2)13-8/h7H,3-6,11H2,1-2H3,(H,12,15). The fourth-order valence-corrected chi connectivity index (χ4v) is 1.49. The van der Waals surface area contributed by atoms with Gasteiger partial charge in [0.05, 0.1) is 5.69 Å². The van der Waals surface area contributed by atoms with E-state index in [1.807, 2.05) is 0 Å². The zero-order valence-electron chi connectivity index (χ0n) is 9.29. The first-order valence-electron chi connectivity index (χ1n) is 5.23. The van der Waals surface area contributed by atoms with Crippen LogP contribution >= 0.6 is 0 Å². The van der Waals surface area contributed by atoms with Crippen molar-refractivity contribution in [2.45, 2.75) is 32.6 Å². The van der Waals surface area contributed by atoms with Crippen molar-refractivity contribution in [2.75, 3.05) is 0 Å². The summed E-state index contributed by atoms with van der Waals surface area (Å²) in [4.78, 5) is 11.3. The van der Waals surface area contributed by atoms with Gasteiger partial charge in [-0.25, -0.2) is 5.84 Å². The van der Waals surface area contributed by atoms with Crippen molar-refractivity contribution in [1.29, 1.82) is 0 Å². The molecule has 0 atom stereocenters. The van der Waals surface area contributed by atoms with Gasteiger partial charge in [-0.05, 0) is 18.9 Å². The van der Waals surface area contributed by atoms with Crippen molar-refractivity contribution >= 4 is 5.91 Å². The third kappa shape index (κ3) is 3.06. The van der Waals surface area contributed by atoms with E-state index in [4.69, 9.17) is 5.84 Å². The maximum Gasteiger partial charge on any atom is 0.283 e. The fourth-order valence-electron chi connectivity index (χ4n) is 1.49. The number of nitrogens with one attached hydrogen (secondary N) is 1. The molecule has 0 fully saturated rings. The van der Waals surface area contributed by atoms with Crippen molar-refractivity contribution in [3.05, 3.63) is 17.5 Å². The second-order valence-electron chi connectivity index (χ2n) is 3.58. The predicted molar refractivity (Wildman–Crippen MR) is 58.1 cm³/mol. The van der Waals surface area contributed by atoms with Crippen LogP contribution in [0.1, 0.15) is 42.4 Å². The van der Waals surface area contributed by atoms with E-state index in [9.17, 15) is 4.79 Å². The maximum absolute atomic E-state index is 11.3. The topological polar surface area (TPSA) is 72.9 Å². The molecule has 3 N–H and O–H groups in total. The number of hydrogen-bond acceptors (Lipinski definition) is 3. The van der Waals surface area contributed by atoms with Gasteiger partial charge in [-0.3, -0.25) is 14.9 Å². The van der Waals surface area contributed by atoms with E-state index in [0.29, 0.717) is 5.69 Å². The molecule has 0 bridgehead atoms. The summed E-state index contributed by atoms with van der Waals surface area (Å²) in [5.74, 6) is 4.76. The van der Waals surface area contributed by atoms with Gasteiger partial charge in [-0.1, -0.05) is 19.8 Å². The van der Waals surface area contributed by atoms with E-state index >= 15 is 0 Å². The van der Waals surface area contributed by atoms with Gasteiger partial charge in [0.15, 0.2) is 0 Å². The van der Waals surface area contributed by atoms with Crippen LogP contribution in [0.3, 0.4) is 0 Å². The number of rotatable bonds is 5. The first-order chi connectivity index (χ1) is 7.19. The minimum Gasteiger partial charge on any atom is -0.289 e. The van der Waals surface area contributed by atoms with Gasteiger partial charge in [-0.15, -0.1) is 0 Å². The molecule has 0 unspecified atom stereocenters. The number of carbonyl (C=O) groups is 1. The number of nitrogens with zero attached hydrogens (tertiary/aromatic N) is 2. The Morgan fingerprint density at radius 3 is 2.93 bits per heavy atom. The number of aromatic nitrogens is 2. The average Bonchev–Trinajstić information content (AvgIpc) is 2.59. The molecular weight excluding hydrogens is 192 g/mol. The lowest BCUT2D eigenvalue weighted by Crippen LogP contribution is -2.31. The molecule has 1 aromatic heterocycles. The molecule has 15 heavy (non-hydrogen) atoms. The summed E-state index contributed by atoms with van der Waals surface area (Å²) in [6.07, 6.45) is 4.40. The minimum absolute atomic E-state index is 0.299.